The molecule has 0 spiro atoms. The van der Waals surface area contributed by atoms with Gasteiger partial charge in [0.15, 0.2) is 0 Å². The van der Waals surface area contributed by atoms with Gasteiger partial charge in [-0.1, -0.05) is 46.2 Å². The molecular formula is C11H12BrCl. The number of allylic oxidation sites excluding steroid dienone is 1. The Labute approximate surface area is 92.7 Å². The van der Waals surface area contributed by atoms with E-state index in [1.165, 1.54) is 5.56 Å². The highest BCUT2D eigenvalue weighted by Crippen LogP contribution is 2.14. The fourth-order valence-corrected chi connectivity index (χ4v) is 1.53. The van der Waals surface area contributed by atoms with Gasteiger partial charge in [-0.05, 0) is 37.0 Å². The first-order valence-corrected chi connectivity index (χ1v) is 5.43. The summed E-state index contributed by atoms with van der Waals surface area (Å²) >= 11 is 9.07. The summed E-state index contributed by atoms with van der Waals surface area (Å²) in [6.07, 6.45) is 3.04. The summed E-state index contributed by atoms with van der Waals surface area (Å²) in [5, 5.41) is 0.747. The summed E-state index contributed by atoms with van der Waals surface area (Å²) in [5.74, 6) is 0. The van der Waals surface area contributed by atoms with E-state index in [-0.39, 0.29) is 0 Å². The molecule has 0 N–H and O–H groups in total. The smallest absolute Gasteiger partial charge is 0.0175 e. The van der Waals surface area contributed by atoms with Gasteiger partial charge in [-0.25, -0.2) is 0 Å². The van der Waals surface area contributed by atoms with Gasteiger partial charge >= 0.3 is 0 Å². The molecule has 1 rings (SSSR count). The third kappa shape index (κ3) is 4.49. The molecule has 0 saturated carbocycles. The highest BCUT2D eigenvalue weighted by molar-refractivity contribution is 9.10. The molecule has 2 heteroatoms. The molecule has 0 fully saturated rings. The molecule has 70 valence electrons. The van der Waals surface area contributed by atoms with Crippen LogP contribution in [0.5, 0.6) is 0 Å². The van der Waals surface area contributed by atoms with Crippen LogP contribution >= 0.6 is 27.5 Å². The molecule has 0 unspecified atom stereocenters. The summed E-state index contributed by atoms with van der Waals surface area (Å²) in [7, 11) is 0. The lowest BCUT2D eigenvalue weighted by Crippen LogP contribution is -1.84. The second kappa shape index (κ2) is 5.46. The van der Waals surface area contributed by atoms with Gasteiger partial charge in [0.1, 0.15) is 0 Å². The Kier molecular flexibility index (Phi) is 4.54. The van der Waals surface area contributed by atoms with Crippen LogP contribution in [0.2, 0.25) is 0 Å². The lowest BCUT2D eigenvalue weighted by molar-refractivity contribution is 0.836. The van der Waals surface area contributed by atoms with E-state index in [1.807, 2.05) is 0 Å². The number of hydrogen-bond acceptors (Lipinski definition) is 0. The normalized spacial score (nSPS) is 10.0. The minimum Gasteiger partial charge on any atom is -0.0898 e. The number of halogens is 2. The zero-order chi connectivity index (χ0) is 9.68. The maximum atomic E-state index is 5.67. The largest absolute Gasteiger partial charge is 0.0898 e. The van der Waals surface area contributed by atoms with E-state index in [9.17, 15) is 0 Å². The SMILES string of the molecule is C=C(Cl)CCCc1ccc(Br)cc1. The van der Waals surface area contributed by atoms with E-state index in [1.54, 1.807) is 0 Å². The molecule has 1 aromatic carbocycles. The summed E-state index contributed by atoms with van der Waals surface area (Å²) < 4.78 is 1.12. The van der Waals surface area contributed by atoms with Crippen LogP contribution < -0.4 is 0 Å². The van der Waals surface area contributed by atoms with Gasteiger partial charge < -0.3 is 0 Å². The monoisotopic (exact) mass is 258 g/mol. The van der Waals surface area contributed by atoms with Crippen molar-refractivity contribution in [3.63, 3.8) is 0 Å². The van der Waals surface area contributed by atoms with Crippen LogP contribution in [-0.2, 0) is 6.42 Å². The molecule has 0 saturated heterocycles. The zero-order valence-corrected chi connectivity index (χ0v) is 9.74. The molecule has 1 aromatic rings. The molecule has 0 heterocycles. The van der Waals surface area contributed by atoms with Gasteiger partial charge in [0.05, 0.1) is 0 Å². The lowest BCUT2D eigenvalue weighted by atomic mass is 10.1. The van der Waals surface area contributed by atoms with Gasteiger partial charge in [-0.2, -0.15) is 0 Å². The van der Waals surface area contributed by atoms with Crippen molar-refractivity contribution < 1.29 is 0 Å². The summed E-state index contributed by atoms with van der Waals surface area (Å²) in [5.41, 5.74) is 1.35. The van der Waals surface area contributed by atoms with Crippen LogP contribution in [0.25, 0.3) is 0 Å². The fourth-order valence-electron chi connectivity index (χ4n) is 1.14. The third-order valence-corrected chi connectivity index (χ3v) is 2.54. The van der Waals surface area contributed by atoms with Crippen LogP contribution in [0.15, 0.2) is 40.3 Å². The van der Waals surface area contributed by atoms with Crippen LogP contribution in [0.4, 0.5) is 0 Å². The molecule has 0 aliphatic carbocycles. The first-order valence-electron chi connectivity index (χ1n) is 4.26. The van der Waals surface area contributed by atoms with Crippen molar-refractivity contribution in [2.75, 3.05) is 0 Å². The average Bonchev–Trinajstić information content (AvgIpc) is 2.08. The Morgan fingerprint density at radius 2 is 1.92 bits per heavy atom. The van der Waals surface area contributed by atoms with Gasteiger partial charge in [-0.15, -0.1) is 0 Å². The molecule has 0 aliphatic heterocycles. The van der Waals surface area contributed by atoms with Crippen LogP contribution in [0.3, 0.4) is 0 Å². The Bertz CT molecular complexity index is 277. The van der Waals surface area contributed by atoms with Crippen molar-refractivity contribution in [2.45, 2.75) is 19.3 Å². The lowest BCUT2D eigenvalue weighted by Gasteiger charge is -2.00. The minimum atomic E-state index is 0.747. The summed E-state index contributed by atoms with van der Waals surface area (Å²) in [6, 6.07) is 8.37. The van der Waals surface area contributed by atoms with E-state index in [4.69, 9.17) is 11.6 Å². The Morgan fingerprint density at radius 3 is 2.46 bits per heavy atom. The quantitative estimate of drug-likeness (QED) is 0.745. The van der Waals surface area contributed by atoms with Crippen molar-refractivity contribution >= 4 is 27.5 Å². The van der Waals surface area contributed by atoms with Crippen molar-refractivity contribution in [1.82, 2.24) is 0 Å². The summed E-state index contributed by atoms with van der Waals surface area (Å²) in [4.78, 5) is 0. The van der Waals surface area contributed by atoms with E-state index < -0.39 is 0 Å². The highest BCUT2D eigenvalue weighted by atomic mass is 79.9. The van der Waals surface area contributed by atoms with Crippen LogP contribution in [0, 0.1) is 0 Å². The number of aryl methyl sites for hydroxylation is 1. The molecular weight excluding hydrogens is 247 g/mol. The predicted molar refractivity (Wildman–Crippen MR) is 62.1 cm³/mol. The van der Waals surface area contributed by atoms with E-state index in [0.29, 0.717) is 0 Å². The van der Waals surface area contributed by atoms with Crippen molar-refractivity contribution in [1.29, 1.82) is 0 Å². The molecule has 13 heavy (non-hydrogen) atoms. The predicted octanol–water partition coefficient (Wildman–Crippen LogP) is 4.52. The van der Waals surface area contributed by atoms with Gasteiger partial charge in [-0.3, -0.25) is 0 Å². The maximum absolute atomic E-state index is 5.67. The van der Waals surface area contributed by atoms with Gasteiger partial charge in [0.25, 0.3) is 0 Å². The van der Waals surface area contributed by atoms with Crippen LogP contribution in [0.1, 0.15) is 18.4 Å². The van der Waals surface area contributed by atoms with Crippen molar-refractivity contribution in [2.24, 2.45) is 0 Å². The zero-order valence-electron chi connectivity index (χ0n) is 7.39. The molecule has 0 amide bonds. The molecule has 0 aliphatic rings. The Hall–Kier alpha value is -0.270. The highest BCUT2D eigenvalue weighted by Gasteiger charge is 1.94. The van der Waals surface area contributed by atoms with Gasteiger partial charge in [0, 0.05) is 9.51 Å². The van der Waals surface area contributed by atoms with Gasteiger partial charge in [0.2, 0.25) is 0 Å². The third-order valence-electron chi connectivity index (χ3n) is 1.83. The maximum Gasteiger partial charge on any atom is 0.0175 e. The van der Waals surface area contributed by atoms with Crippen molar-refractivity contribution in [3.05, 3.63) is 45.9 Å². The first-order chi connectivity index (χ1) is 6.18. The minimum absolute atomic E-state index is 0.747. The topological polar surface area (TPSA) is 0 Å². The van der Waals surface area contributed by atoms with Crippen LogP contribution in [-0.4, -0.2) is 0 Å². The first kappa shape index (κ1) is 10.8. The number of benzene rings is 1. The average molecular weight is 260 g/mol. The number of rotatable bonds is 4. The summed E-state index contributed by atoms with van der Waals surface area (Å²) in [6.45, 7) is 3.66. The van der Waals surface area contributed by atoms with E-state index in [0.717, 1.165) is 28.8 Å². The van der Waals surface area contributed by atoms with E-state index in [2.05, 4.69) is 46.8 Å². The Morgan fingerprint density at radius 1 is 1.31 bits per heavy atom. The standard InChI is InChI=1S/C11H12BrCl/c1-9(13)3-2-4-10-5-7-11(12)8-6-10/h5-8H,1-4H2. The molecule has 0 nitrogen and oxygen atoms in total. The van der Waals surface area contributed by atoms with E-state index >= 15 is 0 Å². The molecule has 0 aromatic heterocycles. The van der Waals surface area contributed by atoms with Crippen molar-refractivity contribution in [3.8, 4) is 0 Å². The second-order valence-electron chi connectivity index (χ2n) is 3.00. The fraction of sp³-hybridized carbons (Fsp3) is 0.273. The molecule has 0 radical (unpaired) electrons. The molecule has 0 atom stereocenters. The molecule has 0 bridgehead atoms. The number of hydrogen-bond donors (Lipinski definition) is 0. The second-order valence-corrected chi connectivity index (χ2v) is 4.45. The Balaban J connectivity index is 2.37.